The van der Waals surface area contributed by atoms with Gasteiger partial charge in [-0.25, -0.2) is 0 Å². The van der Waals surface area contributed by atoms with Crippen LogP contribution in [0.1, 0.15) is 21.0 Å². The second-order valence-electron chi connectivity index (χ2n) is 2.04. The summed E-state index contributed by atoms with van der Waals surface area (Å²) >= 11 is 0. The molecule has 0 aliphatic rings. The zero-order chi connectivity index (χ0) is 19.1. The first-order valence-electron chi connectivity index (χ1n) is 7.05. The SMILES string of the molecule is [2H]OC(C([2H])([2H])C([2H])([2H])C([2H])([2H])N)(P(=O)(O)O[2H])P(=O)(O)O[2H]. The minimum absolute atomic E-state index is 3.23. The average Bonchev–Trinajstić information content (AvgIpc) is 2.37. The van der Waals surface area contributed by atoms with Crippen molar-refractivity contribution in [1.29, 1.82) is 4.29 Å². The van der Waals surface area contributed by atoms with Crippen LogP contribution in [-0.2, 0) is 9.13 Å². The van der Waals surface area contributed by atoms with Crippen molar-refractivity contribution in [3.05, 3.63) is 0 Å². The van der Waals surface area contributed by atoms with Crippen molar-refractivity contribution >= 4 is 15.2 Å². The molecular formula is C4H13NO7P2. The van der Waals surface area contributed by atoms with E-state index in [1.807, 2.05) is 0 Å². The quantitative estimate of drug-likeness (QED) is 0.293. The fraction of sp³-hybridized carbons (Fsp3) is 1.00. The number of aliphatic hydroxyl groups is 1. The fourth-order valence-corrected chi connectivity index (χ4v) is 2.09. The Morgan fingerprint density at radius 1 is 1.36 bits per heavy atom. The fourth-order valence-electron chi connectivity index (χ4n) is 0.418. The zero-order valence-corrected chi connectivity index (χ0v) is 8.20. The maximum atomic E-state index is 11.9. The van der Waals surface area contributed by atoms with Crippen molar-refractivity contribution < 1.29 is 42.0 Å². The molecule has 0 heterocycles. The van der Waals surface area contributed by atoms with Gasteiger partial charge in [0.1, 0.15) is 0 Å². The molecule has 0 rings (SSSR count). The van der Waals surface area contributed by atoms with E-state index in [4.69, 9.17) is 18.3 Å². The molecule has 8 nitrogen and oxygen atoms in total. The van der Waals surface area contributed by atoms with Crippen molar-refractivity contribution in [2.75, 3.05) is 6.50 Å². The normalized spacial score (nSPS) is 36.9. The monoisotopic (exact) mass is 258 g/mol. The van der Waals surface area contributed by atoms with Gasteiger partial charge >= 0.3 is 15.2 Å². The molecule has 0 aromatic carbocycles. The average molecular weight is 258 g/mol. The highest BCUT2D eigenvalue weighted by Crippen LogP contribution is 2.69. The predicted octanol–water partition coefficient (Wildman–Crippen LogP) is -1.27. The molecule has 86 valence electrons. The van der Waals surface area contributed by atoms with E-state index >= 15 is 0 Å². The van der Waals surface area contributed by atoms with E-state index < -0.39 is 39.5 Å². The van der Waals surface area contributed by atoms with Gasteiger partial charge in [0.15, 0.2) is 0 Å². The molecule has 2 atom stereocenters. The highest BCUT2D eigenvalue weighted by atomic mass is 31.2. The number of nitrogens with two attached hydrogens (primary N) is 1. The predicted molar refractivity (Wildman–Crippen MR) is 47.3 cm³/mol. The van der Waals surface area contributed by atoms with Crippen LogP contribution in [0.5, 0.6) is 0 Å². The van der Waals surface area contributed by atoms with Crippen molar-refractivity contribution in [2.45, 2.75) is 17.8 Å². The largest absolute Gasteiger partial charge is 0.369 e. The molecule has 2 unspecified atom stereocenters. The van der Waals surface area contributed by atoms with Crippen LogP contribution in [0.4, 0.5) is 0 Å². The third-order valence-electron chi connectivity index (χ3n) is 1.06. The van der Waals surface area contributed by atoms with E-state index in [1.54, 1.807) is 0 Å². The third kappa shape index (κ3) is 2.85. The molecule has 0 saturated heterocycles. The van der Waals surface area contributed by atoms with Gasteiger partial charge in [0.25, 0.3) is 5.08 Å². The Hall–Kier alpha value is 0.220. The minimum Gasteiger partial charge on any atom is -0.368 e. The van der Waals surface area contributed by atoms with Crippen molar-refractivity contribution in [3.63, 3.8) is 0 Å². The first kappa shape index (κ1) is 5.03. The van der Waals surface area contributed by atoms with Gasteiger partial charge in [-0.05, 0) is 12.9 Å². The van der Waals surface area contributed by atoms with E-state index in [0.717, 1.165) is 0 Å². The van der Waals surface area contributed by atoms with Gasteiger partial charge in [-0.15, -0.1) is 0 Å². The molecule has 0 fully saturated rings. The summed E-state index contributed by atoms with van der Waals surface area (Å²) in [6, 6.07) is 0. The van der Waals surface area contributed by atoms with Crippen molar-refractivity contribution in [3.8, 4) is 0 Å². The highest BCUT2D eigenvalue weighted by Gasteiger charge is 2.58. The molecule has 0 aliphatic carbocycles. The van der Waals surface area contributed by atoms with Crippen LogP contribution in [0.15, 0.2) is 0 Å². The molecule has 7 N–H and O–H groups in total. The van der Waals surface area contributed by atoms with Gasteiger partial charge < -0.3 is 30.4 Å². The summed E-state index contributed by atoms with van der Waals surface area (Å²) in [6.07, 6.45) is -8.44. The Morgan fingerprint density at radius 2 is 1.86 bits per heavy atom. The summed E-state index contributed by atoms with van der Waals surface area (Å²) in [4.78, 5) is 25.5. The zero-order valence-electron chi connectivity index (χ0n) is 15.4. The first-order valence-corrected chi connectivity index (χ1v) is 5.98. The summed E-state index contributed by atoms with van der Waals surface area (Å²) in [5.74, 6) is 0. The Bertz CT molecular complexity index is 512. The van der Waals surface area contributed by atoms with Crippen molar-refractivity contribution in [2.24, 2.45) is 5.73 Å². The van der Waals surface area contributed by atoms with Crippen LogP contribution in [0, 0.1) is 0 Å². The lowest BCUT2D eigenvalue weighted by atomic mass is 10.3. The number of rotatable bonds is 8. The second kappa shape index (κ2) is 4.38. The lowest BCUT2D eigenvalue weighted by molar-refractivity contribution is 0.121. The Kier molecular flexibility index (Phi) is 1.58. The van der Waals surface area contributed by atoms with Crippen LogP contribution >= 0.6 is 15.2 Å². The molecule has 0 bridgehead atoms. The van der Waals surface area contributed by atoms with Crippen LogP contribution in [0.3, 0.4) is 0 Å². The Labute approximate surface area is 93.0 Å². The molecule has 0 aromatic heterocycles. The molecule has 0 saturated carbocycles. The van der Waals surface area contributed by atoms with Crippen LogP contribution in [-0.4, -0.2) is 40.6 Å². The lowest BCUT2D eigenvalue weighted by Gasteiger charge is -2.28. The topological polar surface area (TPSA) is 161 Å². The van der Waals surface area contributed by atoms with Crippen LogP contribution in [0.2, 0.25) is 0 Å². The van der Waals surface area contributed by atoms with E-state index in [1.165, 1.54) is 0 Å². The molecule has 0 spiro atoms. The summed E-state index contributed by atoms with van der Waals surface area (Å²) in [7, 11) is -12.4. The molecule has 0 aromatic rings. The summed E-state index contributed by atoms with van der Waals surface area (Å²) in [6.45, 7) is -3.63. The van der Waals surface area contributed by atoms with Gasteiger partial charge in [0.05, 0.1) is 0 Å². The number of hydrogen-bond acceptors (Lipinski definition) is 6. The Balaban J connectivity index is 6.99. The van der Waals surface area contributed by atoms with Gasteiger partial charge in [0.2, 0.25) is 4.29 Å². The van der Waals surface area contributed by atoms with Crippen molar-refractivity contribution in [1.82, 2.24) is 0 Å². The maximum absolute atomic E-state index is 11.9. The molecule has 0 aliphatic heterocycles. The van der Waals surface area contributed by atoms with Gasteiger partial charge in [0, 0.05) is 14.6 Å². The molecule has 0 radical (unpaired) electrons. The van der Waals surface area contributed by atoms with Gasteiger partial charge in [-0.3, -0.25) is 9.13 Å². The van der Waals surface area contributed by atoms with Gasteiger partial charge in [-0.2, -0.15) is 0 Å². The maximum Gasteiger partial charge on any atom is 0.369 e. The third-order valence-corrected chi connectivity index (χ3v) is 4.34. The minimum atomic E-state index is -6.18. The summed E-state index contributed by atoms with van der Waals surface area (Å²) in [5.41, 5.74) is 4.80. The van der Waals surface area contributed by atoms with E-state index in [0.29, 0.717) is 0 Å². The van der Waals surface area contributed by atoms with Crippen LogP contribution in [0.25, 0.3) is 0 Å². The van der Waals surface area contributed by atoms with E-state index in [9.17, 15) is 18.9 Å². The molecule has 10 heteroatoms. The number of hydrogen-bond donors (Lipinski definition) is 6. The smallest absolute Gasteiger partial charge is 0.368 e. The van der Waals surface area contributed by atoms with E-state index in [2.05, 4.69) is 14.9 Å². The lowest BCUT2D eigenvalue weighted by Crippen LogP contribution is -2.29. The Morgan fingerprint density at radius 3 is 2.14 bits per heavy atom. The molecule has 14 heavy (non-hydrogen) atoms. The van der Waals surface area contributed by atoms with Gasteiger partial charge in [-0.1, -0.05) is 0 Å². The van der Waals surface area contributed by atoms with Crippen LogP contribution < -0.4 is 5.73 Å². The summed E-state index contributed by atoms with van der Waals surface area (Å²) in [5, 5.41) is -1.03. The first-order chi connectivity index (χ1) is 9.93. The standard InChI is InChI=1S/C4H13NO7P2/c5-3-1-2-4(6,13(7,8)9)14(10,11)12/h6H,1-3,5H2,(H2,7,8,9)(H2,10,11,12)/i1D2,2D2,3D2,6D/hD2. The van der Waals surface area contributed by atoms with E-state index in [-0.39, 0.29) is 0 Å². The summed E-state index contributed by atoms with van der Waals surface area (Å²) < 4.78 is 87.3. The molecule has 0 amide bonds. The molecular weight excluding hydrogens is 236 g/mol. The highest BCUT2D eigenvalue weighted by molar-refractivity contribution is 7.72. The second-order valence-corrected chi connectivity index (χ2v) is 5.74.